The first-order valence-corrected chi connectivity index (χ1v) is 8.05. The molecule has 0 unspecified atom stereocenters. The Morgan fingerprint density at radius 3 is 2.68 bits per heavy atom. The van der Waals surface area contributed by atoms with Crippen LogP contribution in [0.1, 0.15) is 24.0 Å². The fraction of sp³-hybridized carbons (Fsp3) is 0.200. The van der Waals surface area contributed by atoms with Crippen molar-refractivity contribution in [1.82, 2.24) is 0 Å². The van der Waals surface area contributed by atoms with Crippen molar-refractivity contribution in [2.24, 2.45) is 0 Å². The van der Waals surface area contributed by atoms with E-state index >= 15 is 0 Å². The lowest BCUT2D eigenvalue weighted by atomic mass is 10.1. The zero-order valence-corrected chi connectivity index (χ0v) is 13.6. The molecule has 25 heavy (non-hydrogen) atoms. The topological polar surface area (TPSA) is 83.5 Å². The molecule has 0 radical (unpaired) electrons. The maximum Gasteiger partial charge on any atom is 0.358 e. The largest absolute Gasteiger partial charge is 0.506 e. The van der Waals surface area contributed by atoms with Gasteiger partial charge in [0.25, 0.3) is 0 Å². The van der Waals surface area contributed by atoms with Gasteiger partial charge in [0.15, 0.2) is 11.3 Å². The van der Waals surface area contributed by atoms with E-state index in [0.29, 0.717) is 17.7 Å². The summed E-state index contributed by atoms with van der Waals surface area (Å²) in [5.74, 6) is 0.197. The fourth-order valence-electron chi connectivity index (χ4n) is 2.62. The Labute approximate surface area is 144 Å². The van der Waals surface area contributed by atoms with E-state index in [1.165, 1.54) is 5.56 Å². The highest BCUT2D eigenvalue weighted by Crippen LogP contribution is 2.28. The van der Waals surface area contributed by atoms with Crippen molar-refractivity contribution in [2.45, 2.75) is 19.3 Å². The summed E-state index contributed by atoms with van der Waals surface area (Å²) in [6.07, 6.45) is 2.91. The van der Waals surface area contributed by atoms with Gasteiger partial charge < -0.3 is 14.3 Å². The number of nitriles is 1. The summed E-state index contributed by atoms with van der Waals surface area (Å²) in [5, 5.41) is 19.1. The molecule has 1 heterocycles. The highest BCUT2D eigenvalue weighted by Gasteiger charge is 2.13. The maximum absolute atomic E-state index is 11.6. The van der Waals surface area contributed by atoms with E-state index in [-0.39, 0.29) is 16.9 Å². The van der Waals surface area contributed by atoms with Gasteiger partial charge in [-0.15, -0.1) is 0 Å². The van der Waals surface area contributed by atoms with Crippen molar-refractivity contribution in [3.63, 3.8) is 0 Å². The van der Waals surface area contributed by atoms with Crippen LogP contribution in [-0.2, 0) is 6.42 Å². The van der Waals surface area contributed by atoms with Crippen LogP contribution in [-0.4, -0.2) is 11.7 Å². The molecule has 3 aromatic rings. The summed E-state index contributed by atoms with van der Waals surface area (Å²) in [6.45, 7) is 0.546. The number of fused-ring (bicyclic) bond motifs is 1. The van der Waals surface area contributed by atoms with Crippen molar-refractivity contribution in [2.75, 3.05) is 6.61 Å². The van der Waals surface area contributed by atoms with E-state index in [1.807, 2.05) is 18.2 Å². The average molecular weight is 335 g/mol. The van der Waals surface area contributed by atoms with Gasteiger partial charge in [-0.3, -0.25) is 0 Å². The molecule has 5 nitrogen and oxygen atoms in total. The number of rotatable bonds is 6. The number of aromatic hydroxyl groups is 1. The minimum Gasteiger partial charge on any atom is -0.506 e. The number of aryl methyl sites for hydroxylation is 1. The first-order valence-electron chi connectivity index (χ1n) is 8.05. The Morgan fingerprint density at radius 2 is 1.92 bits per heavy atom. The second kappa shape index (κ2) is 7.54. The first-order chi connectivity index (χ1) is 12.2. The minimum absolute atomic E-state index is 0.197. The van der Waals surface area contributed by atoms with E-state index in [4.69, 9.17) is 14.4 Å². The van der Waals surface area contributed by atoms with Crippen LogP contribution < -0.4 is 10.4 Å². The van der Waals surface area contributed by atoms with Crippen molar-refractivity contribution in [3.05, 3.63) is 70.1 Å². The molecular formula is C20H17NO4. The predicted molar refractivity (Wildman–Crippen MR) is 93.7 cm³/mol. The Balaban J connectivity index is 1.61. The Kier molecular flexibility index (Phi) is 5.00. The van der Waals surface area contributed by atoms with Gasteiger partial charge in [-0.25, -0.2) is 4.79 Å². The van der Waals surface area contributed by atoms with Crippen LogP contribution in [0.25, 0.3) is 11.0 Å². The van der Waals surface area contributed by atoms with E-state index in [9.17, 15) is 9.90 Å². The van der Waals surface area contributed by atoms with Gasteiger partial charge >= 0.3 is 5.63 Å². The second-order valence-electron chi connectivity index (χ2n) is 5.67. The van der Waals surface area contributed by atoms with Gasteiger partial charge in [-0.05, 0) is 37.0 Å². The van der Waals surface area contributed by atoms with Crippen LogP contribution in [0, 0.1) is 11.3 Å². The standard InChI is InChI=1S/C20H17NO4/c21-13-17-19(22)16-10-9-15(12-18(16)25-20(17)23)24-11-5-4-8-14-6-2-1-3-7-14/h1-3,6-7,9-10,12,22H,4-5,8,11H2. The molecular weight excluding hydrogens is 318 g/mol. The number of unbranched alkanes of at least 4 members (excludes halogenated alkanes) is 1. The molecule has 0 aliphatic carbocycles. The van der Waals surface area contributed by atoms with Gasteiger partial charge in [0.1, 0.15) is 17.4 Å². The average Bonchev–Trinajstić information content (AvgIpc) is 2.62. The Hall–Kier alpha value is -3.26. The monoisotopic (exact) mass is 335 g/mol. The minimum atomic E-state index is -0.854. The number of hydrogen-bond acceptors (Lipinski definition) is 5. The van der Waals surface area contributed by atoms with E-state index in [0.717, 1.165) is 19.3 Å². The SMILES string of the molecule is N#Cc1c(O)c2ccc(OCCCCc3ccccc3)cc2oc1=O. The Morgan fingerprint density at radius 1 is 1.12 bits per heavy atom. The molecule has 0 fully saturated rings. The number of ether oxygens (including phenoxy) is 1. The van der Waals surface area contributed by atoms with Crippen LogP contribution in [0.2, 0.25) is 0 Å². The summed E-state index contributed by atoms with van der Waals surface area (Å²) >= 11 is 0. The van der Waals surface area contributed by atoms with Gasteiger partial charge in [-0.1, -0.05) is 30.3 Å². The zero-order chi connectivity index (χ0) is 17.6. The molecule has 3 rings (SSSR count). The third-order valence-corrected chi connectivity index (χ3v) is 3.93. The summed E-state index contributed by atoms with van der Waals surface area (Å²) in [5.41, 5.74) is 0.261. The molecule has 0 aliphatic heterocycles. The summed E-state index contributed by atoms with van der Waals surface area (Å²) < 4.78 is 10.8. The zero-order valence-electron chi connectivity index (χ0n) is 13.6. The highest BCUT2D eigenvalue weighted by molar-refractivity contribution is 5.86. The van der Waals surface area contributed by atoms with Crippen LogP contribution in [0.3, 0.4) is 0 Å². The van der Waals surface area contributed by atoms with E-state index < -0.39 is 5.63 Å². The molecule has 0 bridgehead atoms. The first kappa shape index (κ1) is 16.6. The summed E-state index contributed by atoms with van der Waals surface area (Å²) in [4.78, 5) is 11.6. The molecule has 126 valence electrons. The maximum atomic E-state index is 11.6. The smallest absolute Gasteiger partial charge is 0.358 e. The van der Waals surface area contributed by atoms with Crippen LogP contribution in [0.15, 0.2) is 57.7 Å². The van der Waals surface area contributed by atoms with Crippen molar-refractivity contribution in [1.29, 1.82) is 5.26 Å². The molecule has 0 aliphatic rings. The summed E-state index contributed by atoms with van der Waals surface area (Å²) in [7, 11) is 0. The molecule has 1 aromatic heterocycles. The van der Waals surface area contributed by atoms with Crippen LogP contribution >= 0.6 is 0 Å². The highest BCUT2D eigenvalue weighted by atomic mass is 16.5. The normalized spacial score (nSPS) is 10.5. The number of hydrogen-bond donors (Lipinski definition) is 1. The number of benzene rings is 2. The van der Waals surface area contributed by atoms with Crippen molar-refractivity contribution >= 4 is 11.0 Å². The quantitative estimate of drug-likeness (QED) is 0.547. The lowest BCUT2D eigenvalue weighted by Gasteiger charge is -2.08. The lowest BCUT2D eigenvalue weighted by molar-refractivity contribution is 0.307. The molecule has 0 spiro atoms. The molecule has 2 aromatic carbocycles. The molecule has 1 N–H and O–H groups in total. The van der Waals surface area contributed by atoms with Crippen LogP contribution in [0.5, 0.6) is 11.5 Å². The van der Waals surface area contributed by atoms with Crippen molar-refractivity contribution in [3.8, 4) is 17.6 Å². The second-order valence-corrected chi connectivity index (χ2v) is 5.67. The van der Waals surface area contributed by atoms with Crippen LogP contribution in [0.4, 0.5) is 0 Å². The van der Waals surface area contributed by atoms with Gasteiger partial charge in [-0.2, -0.15) is 5.26 Å². The molecule has 5 heteroatoms. The molecule has 0 saturated heterocycles. The molecule has 0 atom stereocenters. The Bertz CT molecular complexity index is 971. The van der Waals surface area contributed by atoms with Gasteiger partial charge in [0.2, 0.25) is 0 Å². The fourth-order valence-corrected chi connectivity index (χ4v) is 2.62. The van der Waals surface area contributed by atoms with E-state index in [2.05, 4.69) is 12.1 Å². The molecule has 0 saturated carbocycles. The summed E-state index contributed by atoms with van der Waals surface area (Å²) in [6, 6.07) is 16.7. The van der Waals surface area contributed by atoms with Crippen molar-refractivity contribution < 1.29 is 14.3 Å². The third kappa shape index (κ3) is 3.81. The number of nitrogens with zero attached hydrogens (tertiary/aromatic N) is 1. The van der Waals surface area contributed by atoms with Gasteiger partial charge in [0.05, 0.1) is 12.0 Å². The lowest BCUT2D eigenvalue weighted by Crippen LogP contribution is -2.04. The molecule has 0 amide bonds. The predicted octanol–water partition coefficient (Wildman–Crippen LogP) is 3.77. The van der Waals surface area contributed by atoms with E-state index in [1.54, 1.807) is 24.3 Å². The van der Waals surface area contributed by atoms with Gasteiger partial charge in [0, 0.05) is 6.07 Å². The third-order valence-electron chi connectivity index (χ3n) is 3.93.